The van der Waals surface area contributed by atoms with E-state index in [4.69, 9.17) is 5.11 Å². The van der Waals surface area contributed by atoms with Crippen molar-refractivity contribution in [2.24, 2.45) is 0 Å². The maximum atomic E-state index is 11.8. The van der Waals surface area contributed by atoms with E-state index >= 15 is 0 Å². The Bertz CT molecular complexity index is 523. The van der Waals surface area contributed by atoms with Crippen LogP contribution in [0.15, 0.2) is 18.2 Å². The highest BCUT2D eigenvalue weighted by molar-refractivity contribution is 6.02. The lowest BCUT2D eigenvalue weighted by Gasteiger charge is -2.13. The molecule has 0 spiro atoms. The summed E-state index contributed by atoms with van der Waals surface area (Å²) >= 11 is 0. The number of aryl methyl sites for hydroxylation is 1. The van der Waals surface area contributed by atoms with Gasteiger partial charge in [0.2, 0.25) is 5.91 Å². The van der Waals surface area contributed by atoms with Gasteiger partial charge in [0.15, 0.2) is 0 Å². The van der Waals surface area contributed by atoms with Crippen molar-refractivity contribution in [2.75, 3.05) is 19.4 Å². The third-order valence-corrected chi connectivity index (χ3v) is 2.48. The predicted octanol–water partition coefficient (Wildman–Crippen LogP) is 1.11. The lowest BCUT2D eigenvalue weighted by Crippen LogP contribution is -2.22. The van der Waals surface area contributed by atoms with Gasteiger partial charge in [-0.2, -0.15) is 0 Å². The molecule has 2 amide bonds. The highest BCUT2D eigenvalue weighted by Gasteiger charge is 2.13. The van der Waals surface area contributed by atoms with Gasteiger partial charge in [0.25, 0.3) is 5.91 Å². The molecule has 0 aliphatic rings. The zero-order chi connectivity index (χ0) is 14.6. The van der Waals surface area contributed by atoms with E-state index < -0.39 is 18.3 Å². The summed E-state index contributed by atoms with van der Waals surface area (Å²) in [6.07, 6.45) is -0.606. The van der Waals surface area contributed by atoms with Gasteiger partial charge < -0.3 is 15.3 Å². The molecule has 0 radical (unpaired) electrons. The van der Waals surface area contributed by atoms with Gasteiger partial charge in [0, 0.05) is 25.3 Å². The number of amides is 2. The van der Waals surface area contributed by atoms with Gasteiger partial charge in [-0.15, -0.1) is 0 Å². The zero-order valence-electron chi connectivity index (χ0n) is 11.1. The molecule has 0 atom stereocenters. The van der Waals surface area contributed by atoms with Crippen LogP contribution >= 0.6 is 0 Å². The molecule has 0 fully saturated rings. The lowest BCUT2D eigenvalue weighted by molar-refractivity contribution is -0.139. The van der Waals surface area contributed by atoms with Crippen LogP contribution in [-0.2, 0) is 9.59 Å². The second kappa shape index (κ2) is 5.99. The summed E-state index contributed by atoms with van der Waals surface area (Å²) in [5.41, 5.74) is 1.63. The molecule has 0 unspecified atom stereocenters. The Morgan fingerprint density at radius 2 is 1.89 bits per heavy atom. The maximum absolute atomic E-state index is 11.8. The number of carboxylic acids is 1. The van der Waals surface area contributed by atoms with Crippen LogP contribution in [0, 0.1) is 6.92 Å². The highest BCUT2D eigenvalue weighted by atomic mass is 16.4. The van der Waals surface area contributed by atoms with Gasteiger partial charge in [0.1, 0.15) is 6.42 Å². The summed E-state index contributed by atoms with van der Waals surface area (Å²) < 4.78 is 0. The molecule has 0 saturated heterocycles. The summed E-state index contributed by atoms with van der Waals surface area (Å²) in [5.74, 6) is -2.01. The topological polar surface area (TPSA) is 86.7 Å². The molecule has 0 aliphatic heterocycles. The molecule has 102 valence electrons. The minimum atomic E-state index is -1.20. The molecule has 1 aromatic carbocycles. The average Bonchev–Trinajstić information content (AvgIpc) is 2.29. The van der Waals surface area contributed by atoms with Gasteiger partial charge in [-0.3, -0.25) is 14.4 Å². The fourth-order valence-electron chi connectivity index (χ4n) is 1.48. The number of carbonyl (C=O) groups is 3. The van der Waals surface area contributed by atoms with Crippen molar-refractivity contribution in [2.45, 2.75) is 13.3 Å². The first kappa shape index (κ1) is 14.7. The maximum Gasteiger partial charge on any atom is 0.312 e. The fourth-order valence-corrected chi connectivity index (χ4v) is 1.48. The number of nitrogens with one attached hydrogen (secondary N) is 1. The smallest absolute Gasteiger partial charge is 0.312 e. The van der Waals surface area contributed by atoms with Crippen LogP contribution in [-0.4, -0.2) is 41.9 Å². The second-order valence-electron chi connectivity index (χ2n) is 4.35. The van der Waals surface area contributed by atoms with Crippen LogP contribution < -0.4 is 5.32 Å². The Balaban J connectivity index is 2.95. The number of hydrogen-bond acceptors (Lipinski definition) is 3. The summed E-state index contributed by atoms with van der Waals surface area (Å²) in [6.45, 7) is 1.76. The quantitative estimate of drug-likeness (QED) is 0.797. The number of aliphatic carboxylic acids is 1. The second-order valence-corrected chi connectivity index (χ2v) is 4.35. The van der Waals surface area contributed by atoms with Gasteiger partial charge in [-0.25, -0.2) is 0 Å². The van der Waals surface area contributed by atoms with Gasteiger partial charge in [0.05, 0.1) is 0 Å². The summed E-state index contributed by atoms with van der Waals surface area (Å²) in [7, 11) is 3.26. The molecule has 6 nitrogen and oxygen atoms in total. The first-order valence-electron chi connectivity index (χ1n) is 5.65. The molecule has 1 aromatic rings. The molecular formula is C13H16N2O4. The van der Waals surface area contributed by atoms with Crippen molar-refractivity contribution in [1.29, 1.82) is 0 Å². The number of carboxylic acid groups (broad SMARTS) is 1. The third kappa shape index (κ3) is 4.09. The molecule has 0 saturated carbocycles. The van der Waals surface area contributed by atoms with E-state index in [1.165, 1.54) is 11.0 Å². The summed E-state index contributed by atoms with van der Waals surface area (Å²) in [4.78, 5) is 35.0. The highest BCUT2D eigenvalue weighted by Crippen LogP contribution is 2.18. The van der Waals surface area contributed by atoms with Gasteiger partial charge in [-0.1, -0.05) is 6.07 Å². The molecule has 2 N–H and O–H groups in total. The van der Waals surface area contributed by atoms with E-state index in [1.54, 1.807) is 33.2 Å². The van der Waals surface area contributed by atoms with E-state index in [1.807, 2.05) is 0 Å². The molecule has 0 aliphatic carbocycles. The molecule has 0 heterocycles. The molecule has 0 bridgehead atoms. The number of rotatable bonds is 4. The Morgan fingerprint density at radius 1 is 1.26 bits per heavy atom. The first-order chi connectivity index (χ1) is 8.81. The Hall–Kier alpha value is -2.37. The summed E-state index contributed by atoms with van der Waals surface area (Å²) in [6, 6.07) is 4.90. The van der Waals surface area contributed by atoms with Crippen LogP contribution in [0.1, 0.15) is 22.3 Å². The molecule has 0 aromatic heterocycles. The number of nitrogens with zero attached hydrogens (tertiary/aromatic N) is 1. The van der Waals surface area contributed by atoms with Gasteiger partial charge >= 0.3 is 5.97 Å². The van der Waals surface area contributed by atoms with Crippen LogP contribution in [0.3, 0.4) is 0 Å². The minimum absolute atomic E-state index is 0.186. The monoisotopic (exact) mass is 264 g/mol. The number of anilines is 1. The SMILES string of the molecule is Cc1ccc(C(=O)N(C)C)cc1NC(=O)CC(=O)O. The zero-order valence-corrected chi connectivity index (χ0v) is 11.1. The van der Waals surface area contributed by atoms with Crippen LogP contribution in [0.25, 0.3) is 0 Å². The largest absolute Gasteiger partial charge is 0.481 e. The number of hydrogen-bond donors (Lipinski definition) is 2. The standard InChI is InChI=1S/C13H16N2O4/c1-8-4-5-9(13(19)15(2)3)6-10(8)14-11(16)7-12(17)18/h4-6H,7H2,1-3H3,(H,14,16)(H,17,18). The van der Waals surface area contributed by atoms with Crippen LogP contribution in [0.5, 0.6) is 0 Å². The van der Waals surface area contributed by atoms with Crippen LogP contribution in [0.2, 0.25) is 0 Å². The van der Waals surface area contributed by atoms with Crippen LogP contribution in [0.4, 0.5) is 5.69 Å². The van der Waals surface area contributed by atoms with Crippen molar-refractivity contribution in [3.63, 3.8) is 0 Å². The predicted molar refractivity (Wildman–Crippen MR) is 70.1 cm³/mol. The van der Waals surface area contributed by atoms with Crippen molar-refractivity contribution in [3.8, 4) is 0 Å². The van der Waals surface area contributed by atoms with Gasteiger partial charge in [-0.05, 0) is 24.6 Å². The lowest BCUT2D eigenvalue weighted by atomic mass is 10.1. The first-order valence-corrected chi connectivity index (χ1v) is 5.65. The third-order valence-electron chi connectivity index (χ3n) is 2.48. The van der Waals surface area contributed by atoms with E-state index in [0.29, 0.717) is 11.3 Å². The van der Waals surface area contributed by atoms with E-state index in [0.717, 1.165) is 5.56 Å². The Morgan fingerprint density at radius 3 is 2.42 bits per heavy atom. The molecule has 19 heavy (non-hydrogen) atoms. The number of benzene rings is 1. The molecular weight excluding hydrogens is 248 g/mol. The fraction of sp³-hybridized carbons (Fsp3) is 0.308. The van der Waals surface area contributed by atoms with Crippen molar-refractivity contribution in [3.05, 3.63) is 29.3 Å². The molecule has 6 heteroatoms. The van der Waals surface area contributed by atoms with Crippen molar-refractivity contribution in [1.82, 2.24) is 4.90 Å². The summed E-state index contributed by atoms with van der Waals surface area (Å²) in [5, 5.41) is 11.0. The van der Waals surface area contributed by atoms with E-state index in [2.05, 4.69) is 5.32 Å². The van der Waals surface area contributed by atoms with Crippen molar-refractivity contribution >= 4 is 23.5 Å². The minimum Gasteiger partial charge on any atom is -0.481 e. The Labute approximate surface area is 111 Å². The average molecular weight is 264 g/mol. The normalized spacial score (nSPS) is 9.84. The van der Waals surface area contributed by atoms with Crippen molar-refractivity contribution < 1.29 is 19.5 Å². The number of carbonyl (C=O) groups excluding carboxylic acids is 2. The van der Waals surface area contributed by atoms with E-state index in [9.17, 15) is 14.4 Å². The Kier molecular flexibility index (Phi) is 4.63. The van der Waals surface area contributed by atoms with E-state index in [-0.39, 0.29) is 5.91 Å². The molecule has 1 rings (SSSR count).